The topological polar surface area (TPSA) is 204 Å². The van der Waals surface area contributed by atoms with Crippen molar-refractivity contribution in [3.63, 3.8) is 0 Å². The first-order valence-corrected chi connectivity index (χ1v) is 25.0. The smallest absolute Gasteiger partial charge is 0.753 e. The number of hydrogen-bond acceptors (Lipinski definition) is 15. The molecule has 0 atom stereocenters. The van der Waals surface area contributed by atoms with E-state index in [9.17, 15) is 27.6 Å². The van der Waals surface area contributed by atoms with E-state index < -0.39 is 17.6 Å². The number of thiocarbonyl (C=S) groups is 1. The van der Waals surface area contributed by atoms with Crippen molar-refractivity contribution in [3.05, 3.63) is 150 Å². The van der Waals surface area contributed by atoms with Gasteiger partial charge in [0.2, 0.25) is 0 Å². The fourth-order valence-corrected chi connectivity index (χ4v) is 9.48. The van der Waals surface area contributed by atoms with Crippen LogP contribution in [0, 0.1) is 5.41 Å². The Balaban J connectivity index is 0.000000262. The maximum absolute atomic E-state index is 12.7. The number of thiophene rings is 2. The number of isothiocyanates is 1. The van der Waals surface area contributed by atoms with Crippen LogP contribution in [0.15, 0.2) is 122 Å². The van der Waals surface area contributed by atoms with Crippen LogP contribution in [0.2, 0.25) is 0 Å². The molecule has 0 aliphatic rings. The number of nitrogens with one attached hydrogen (secondary N) is 2. The van der Waals surface area contributed by atoms with E-state index in [4.69, 9.17) is 35.7 Å². The van der Waals surface area contributed by atoms with Crippen molar-refractivity contribution >= 4 is 108 Å². The molecule has 386 valence electrons. The van der Waals surface area contributed by atoms with Gasteiger partial charge in [0.05, 0.1) is 32.7 Å². The average molecular weight is 1160 g/mol. The Morgan fingerprint density at radius 3 is 1.56 bits per heavy atom. The molecule has 0 bridgehead atoms. The number of ether oxygens (including phenoxy) is 3. The Labute approximate surface area is 456 Å². The second-order valence-corrected chi connectivity index (χ2v) is 18.3. The van der Waals surface area contributed by atoms with E-state index in [-0.39, 0.29) is 30.9 Å². The van der Waals surface area contributed by atoms with Crippen molar-refractivity contribution in [2.24, 2.45) is 0 Å². The van der Waals surface area contributed by atoms with Crippen molar-refractivity contribution in [3.8, 4) is 38.7 Å². The summed E-state index contributed by atoms with van der Waals surface area (Å²) in [6.07, 6.45) is 9.59. The van der Waals surface area contributed by atoms with Crippen molar-refractivity contribution in [2.45, 2.75) is 71.4 Å². The van der Waals surface area contributed by atoms with Gasteiger partial charge in [0.15, 0.2) is 10.1 Å². The zero-order valence-corrected chi connectivity index (χ0v) is 44.5. The second-order valence-electron chi connectivity index (χ2n) is 16.0. The van der Waals surface area contributed by atoms with E-state index in [1.54, 1.807) is 61.1 Å². The molecule has 0 spiro atoms. The van der Waals surface area contributed by atoms with E-state index in [1.165, 1.54) is 70.7 Å². The molecule has 2 aromatic carbocycles. The van der Waals surface area contributed by atoms with E-state index in [0.717, 1.165) is 62.9 Å². The molecule has 8 rings (SSSR count). The number of fused-ring (bicyclic) bond motifs is 2. The van der Waals surface area contributed by atoms with Gasteiger partial charge < -0.3 is 30.3 Å². The van der Waals surface area contributed by atoms with Gasteiger partial charge in [0, 0.05) is 64.5 Å². The molecule has 75 heavy (non-hydrogen) atoms. The number of nitrogens with zero attached hydrogens (tertiary/aromatic N) is 6. The van der Waals surface area contributed by atoms with Crippen LogP contribution < -0.4 is 19.1 Å². The van der Waals surface area contributed by atoms with Crippen molar-refractivity contribution < 1.29 is 61.2 Å². The first-order chi connectivity index (χ1) is 35.8. The van der Waals surface area contributed by atoms with Crippen LogP contribution in [0.5, 0.6) is 15.9 Å². The van der Waals surface area contributed by atoms with Crippen LogP contribution >= 0.6 is 34.9 Å². The third-order valence-corrected chi connectivity index (χ3v) is 13.1. The summed E-state index contributed by atoms with van der Waals surface area (Å²) >= 11 is 6.19. The SMILES string of the molecule is CCCCCc1ccc(N(c2ccc(CCCCC)cc2)c2ccc(/C([NH-])=C/C(=N)C(F)(F)F)nc2)cc1.O=COc1cc(-c2nccc3cc(OC=O)sc23)nc(-c2nccc3cc(OC=O)sc23)c1.[N-]=C=S.[Ru+2]. The molecule has 0 radical (unpaired) electrons. The molecule has 21 heteroatoms. The minimum atomic E-state index is -4.80. The minimum Gasteiger partial charge on any atom is -0.753 e. The zero-order valence-electron chi connectivity index (χ0n) is 40.3. The molecule has 2 N–H and O–H groups in total. The fraction of sp³-hybridized carbons (Fsp3) is 0.204. The number of carbonyl (C=O) groups excluding carboxylic acids is 3. The summed E-state index contributed by atoms with van der Waals surface area (Å²) < 4.78 is 54.8. The number of anilines is 3. The standard InChI is InChI=1S/C31H36F3N4.C22H11N3O6S2.CNS.Ru/c1-3-5-7-9-23-11-15-25(16-12-23)38(26-17-13-24(14-18-26)10-8-6-4-2)27-19-20-29(37-22-27)28(35)21-30(36)31(32,33)34;26-9-29-14-7-15(19-21-12(1-3-23-19)5-17(32-21)30-10-27)25-16(8-14)20-22-13(2-4-24-20)6-18(33-22)31-11-28;2-1-3;/h11-22,35-36H,3-10H2,1-2H3;1-11H;;/q-1;;-1;+2/b28-21-,36-30?;;;. The summed E-state index contributed by atoms with van der Waals surface area (Å²) in [5, 5.41) is 18.1. The maximum atomic E-state index is 12.7. The van der Waals surface area contributed by atoms with Gasteiger partial charge in [-0.3, -0.25) is 34.7 Å². The molecule has 6 aromatic heterocycles. The number of hydrogen-bond donors (Lipinski definition) is 1. The van der Waals surface area contributed by atoms with Crippen molar-refractivity contribution in [2.75, 3.05) is 4.90 Å². The Kier molecular flexibility index (Phi) is 22.5. The normalized spacial score (nSPS) is 10.9. The third-order valence-electron chi connectivity index (χ3n) is 11.0. The fourth-order valence-electron chi connectivity index (χ4n) is 7.54. The largest absolute Gasteiger partial charge is 2.00 e. The quantitative estimate of drug-likeness (QED) is 0.0235. The van der Waals surface area contributed by atoms with Crippen LogP contribution in [-0.2, 0) is 46.7 Å². The third kappa shape index (κ3) is 16.0. The van der Waals surface area contributed by atoms with Gasteiger partial charge in [0.25, 0.3) is 19.4 Å². The summed E-state index contributed by atoms with van der Waals surface area (Å²) in [7, 11) is 0. The first-order valence-electron chi connectivity index (χ1n) is 23.0. The second kappa shape index (κ2) is 28.9. The van der Waals surface area contributed by atoms with Crippen LogP contribution in [0.25, 0.3) is 59.8 Å². The molecule has 0 fully saturated rings. The molecular formula is C54H47F3N8O6RuS3. The molecule has 6 heterocycles. The van der Waals surface area contributed by atoms with Gasteiger partial charge >= 0.3 is 25.7 Å². The predicted octanol–water partition coefficient (Wildman–Crippen LogP) is 14.9. The van der Waals surface area contributed by atoms with E-state index in [2.05, 4.69) is 89.5 Å². The Morgan fingerprint density at radius 2 is 1.16 bits per heavy atom. The Hall–Kier alpha value is -7.41. The monoisotopic (exact) mass is 1160 g/mol. The van der Waals surface area contributed by atoms with E-state index in [1.807, 2.05) is 4.90 Å². The zero-order chi connectivity index (χ0) is 53.0. The molecule has 8 aromatic rings. The van der Waals surface area contributed by atoms with Crippen LogP contribution in [-0.4, -0.2) is 56.4 Å². The van der Waals surface area contributed by atoms with Crippen LogP contribution in [0.1, 0.15) is 69.2 Å². The van der Waals surface area contributed by atoms with Gasteiger partial charge in [-0.2, -0.15) is 18.3 Å². The molecule has 0 amide bonds. The Morgan fingerprint density at radius 1 is 0.707 bits per heavy atom. The molecule has 14 nitrogen and oxygen atoms in total. The summed E-state index contributed by atoms with van der Waals surface area (Å²) in [5.41, 5.74) is 13.1. The number of alkyl halides is 3. The summed E-state index contributed by atoms with van der Waals surface area (Å²) in [6.45, 7) is 5.43. The van der Waals surface area contributed by atoms with E-state index >= 15 is 0 Å². The number of rotatable bonds is 21. The minimum absolute atomic E-state index is 0. The van der Waals surface area contributed by atoms with Gasteiger partial charge in [-0.05, 0) is 91.4 Å². The first kappa shape index (κ1) is 58.5. The van der Waals surface area contributed by atoms with E-state index in [0.29, 0.717) is 58.4 Å². The Bertz CT molecular complexity index is 3100. The number of aromatic nitrogens is 4. The molecule has 0 aliphatic carbocycles. The predicted molar refractivity (Wildman–Crippen MR) is 289 cm³/mol. The number of unbranched alkanes of at least 4 members (excludes halogenated alkanes) is 4. The molecule has 0 saturated carbocycles. The number of benzene rings is 2. The number of carbonyl (C=O) groups is 3. The number of allylic oxidation sites excluding steroid dienone is 1. The molecule has 0 unspecified atom stereocenters. The van der Waals surface area contributed by atoms with Gasteiger partial charge in [-0.25, -0.2) is 4.98 Å². The molecule has 0 saturated heterocycles. The van der Waals surface area contributed by atoms with Gasteiger partial charge in [-0.1, -0.05) is 98.7 Å². The van der Waals surface area contributed by atoms with Crippen LogP contribution in [0.3, 0.4) is 0 Å². The average Bonchev–Trinajstić information content (AvgIpc) is 4.02. The van der Waals surface area contributed by atoms with Gasteiger partial charge in [-0.15, -0.1) is 5.70 Å². The number of halogens is 3. The number of aryl methyl sites for hydroxylation is 2. The van der Waals surface area contributed by atoms with Crippen molar-refractivity contribution in [1.82, 2.24) is 19.9 Å². The van der Waals surface area contributed by atoms with Crippen LogP contribution in [0.4, 0.5) is 30.2 Å². The summed E-state index contributed by atoms with van der Waals surface area (Å²) in [4.78, 5) is 52.5. The molecule has 0 aliphatic heterocycles. The summed E-state index contributed by atoms with van der Waals surface area (Å²) in [6, 6.07) is 30.3. The number of pyridine rings is 4. The summed E-state index contributed by atoms with van der Waals surface area (Å²) in [5.74, 6) is 0.254. The van der Waals surface area contributed by atoms with Gasteiger partial charge in [0.1, 0.15) is 22.8 Å². The maximum Gasteiger partial charge on any atom is 2.00 e. The molecular weight excluding hydrogens is 1110 g/mol. The van der Waals surface area contributed by atoms with Crippen molar-refractivity contribution in [1.29, 1.82) is 5.41 Å².